The molecule has 0 atom stereocenters. The number of pyridine rings is 1. The van der Waals surface area contributed by atoms with Crippen molar-refractivity contribution in [2.75, 3.05) is 5.88 Å². The molecule has 1 aromatic rings. The Hall–Kier alpha value is -0.820. The van der Waals surface area contributed by atoms with Crippen LogP contribution in [0.2, 0.25) is 0 Å². The van der Waals surface area contributed by atoms with Gasteiger partial charge < -0.3 is 0 Å². The Balaban J connectivity index is 2.85. The lowest BCUT2D eigenvalue weighted by Crippen LogP contribution is -1.82. The van der Waals surface area contributed by atoms with Gasteiger partial charge >= 0.3 is 0 Å². The first-order valence-electron chi connectivity index (χ1n) is 2.98. The number of aromatic nitrogens is 1. The normalized spacial score (nSPS) is 9.30. The van der Waals surface area contributed by atoms with E-state index in [1.54, 1.807) is 12.4 Å². The summed E-state index contributed by atoms with van der Waals surface area (Å²) in [5.74, 6) is 0.476. The Kier molecular flexibility index (Phi) is 2.46. The number of halogens is 1. The van der Waals surface area contributed by atoms with Gasteiger partial charge in [0.15, 0.2) is 0 Å². The Morgan fingerprint density at radius 2 is 2.10 bits per heavy atom. The number of nitrogens with zero attached hydrogens (tertiary/aromatic N) is 1. The average molecular weight is 154 g/mol. The van der Waals surface area contributed by atoms with E-state index in [0.717, 1.165) is 11.1 Å². The molecule has 0 aliphatic heterocycles. The molecule has 0 aliphatic rings. The van der Waals surface area contributed by atoms with Crippen LogP contribution in [0.25, 0.3) is 5.57 Å². The molecule has 0 radical (unpaired) electrons. The van der Waals surface area contributed by atoms with Crippen LogP contribution in [0.15, 0.2) is 31.1 Å². The summed E-state index contributed by atoms with van der Waals surface area (Å²) in [5.41, 5.74) is 1.99. The Bertz CT molecular complexity index is 218. The highest BCUT2D eigenvalue weighted by molar-refractivity contribution is 6.23. The summed E-state index contributed by atoms with van der Waals surface area (Å²) in [4.78, 5) is 3.88. The molecule has 0 fully saturated rings. The standard InChI is InChI=1S/C8H8ClN/c1-7(6-9)8-2-4-10-5-3-8/h2-5H,1,6H2. The maximum atomic E-state index is 5.57. The largest absolute Gasteiger partial charge is 0.265 e. The third-order valence-corrected chi connectivity index (χ3v) is 1.57. The van der Waals surface area contributed by atoms with Crippen molar-refractivity contribution < 1.29 is 0 Å². The second-order valence-electron chi connectivity index (χ2n) is 1.97. The summed E-state index contributed by atoms with van der Waals surface area (Å²) in [7, 11) is 0. The minimum Gasteiger partial charge on any atom is -0.265 e. The van der Waals surface area contributed by atoms with Gasteiger partial charge in [-0.1, -0.05) is 6.58 Å². The number of alkyl halides is 1. The molecule has 1 nitrogen and oxygen atoms in total. The Morgan fingerprint density at radius 3 is 2.60 bits per heavy atom. The van der Waals surface area contributed by atoms with E-state index in [0.29, 0.717) is 5.88 Å². The fourth-order valence-corrected chi connectivity index (χ4v) is 0.819. The summed E-state index contributed by atoms with van der Waals surface area (Å²) >= 11 is 5.57. The maximum absolute atomic E-state index is 5.57. The molecule has 1 heterocycles. The topological polar surface area (TPSA) is 12.9 Å². The zero-order chi connectivity index (χ0) is 7.40. The average Bonchev–Trinajstić information content (AvgIpc) is 2.05. The second-order valence-corrected chi connectivity index (χ2v) is 2.24. The number of hydrogen-bond acceptors (Lipinski definition) is 1. The zero-order valence-electron chi connectivity index (χ0n) is 5.55. The highest BCUT2D eigenvalue weighted by Gasteiger charge is 1.93. The van der Waals surface area contributed by atoms with E-state index >= 15 is 0 Å². The molecule has 0 saturated carbocycles. The van der Waals surface area contributed by atoms with Gasteiger partial charge in [0.05, 0.1) is 0 Å². The smallest absolute Gasteiger partial charge is 0.0474 e. The molecule has 0 amide bonds. The van der Waals surface area contributed by atoms with E-state index in [-0.39, 0.29) is 0 Å². The van der Waals surface area contributed by atoms with Gasteiger partial charge in [-0.05, 0) is 23.3 Å². The maximum Gasteiger partial charge on any atom is 0.0474 e. The van der Waals surface area contributed by atoms with Crippen molar-refractivity contribution in [3.05, 3.63) is 36.7 Å². The summed E-state index contributed by atoms with van der Waals surface area (Å²) in [5, 5.41) is 0. The third kappa shape index (κ3) is 1.58. The SMILES string of the molecule is C=C(CCl)c1ccncc1. The summed E-state index contributed by atoms with van der Waals surface area (Å²) in [6, 6.07) is 3.79. The van der Waals surface area contributed by atoms with Crippen LogP contribution in [0.5, 0.6) is 0 Å². The third-order valence-electron chi connectivity index (χ3n) is 1.25. The van der Waals surface area contributed by atoms with E-state index in [1.807, 2.05) is 12.1 Å². The summed E-state index contributed by atoms with van der Waals surface area (Å²) in [6.45, 7) is 3.78. The number of allylic oxidation sites excluding steroid dienone is 1. The fraction of sp³-hybridized carbons (Fsp3) is 0.125. The number of hydrogen-bond donors (Lipinski definition) is 0. The molecule has 0 N–H and O–H groups in total. The van der Waals surface area contributed by atoms with E-state index in [4.69, 9.17) is 11.6 Å². The minimum atomic E-state index is 0.476. The van der Waals surface area contributed by atoms with E-state index in [9.17, 15) is 0 Å². The van der Waals surface area contributed by atoms with Crippen molar-refractivity contribution >= 4 is 17.2 Å². The summed E-state index contributed by atoms with van der Waals surface area (Å²) < 4.78 is 0. The molecule has 0 bridgehead atoms. The highest BCUT2D eigenvalue weighted by Crippen LogP contribution is 2.10. The molecular formula is C8H8ClN. The molecule has 0 saturated heterocycles. The van der Waals surface area contributed by atoms with Crippen LogP contribution in [0.3, 0.4) is 0 Å². The molecule has 52 valence electrons. The molecule has 0 aromatic carbocycles. The van der Waals surface area contributed by atoms with Crippen LogP contribution in [-0.4, -0.2) is 10.9 Å². The molecule has 2 heteroatoms. The molecule has 0 unspecified atom stereocenters. The van der Waals surface area contributed by atoms with Gasteiger partial charge in [0, 0.05) is 18.3 Å². The first kappa shape index (κ1) is 7.29. The predicted molar refractivity (Wildman–Crippen MR) is 44.0 cm³/mol. The van der Waals surface area contributed by atoms with Crippen LogP contribution in [0, 0.1) is 0 Å². The van der Waals surface area contributed by atoms with Crippen LogP contribution in [-0.2, 0) is 0 Å². The molecule has 0 spiro atoms. The van der Waals surface area contributed by atoms with Crippen LogP contribution in [0.4, 0.5) is 0 Å². The van der Waals surface area contributed by atoms with Gasteiger partial charge in [-0.25, -0.2) is 0 Å². The van der Waals surface area contributed by atoms with Crippen molar-refractivity contribution in [1.29, 1.82) is 0 Å². The predicted octanol–water partition coefficient (Wildman–Crippen LogP) is 2.33. The fourth-order valence-electron chi connectivity index (χ4n) is 0.665. The monoisotopic (exact) mass is 153 g/mol. The van der Waals surface area contributed by atoms with Gasteiger partial charge in [-0.15, -0.1) is 11.6 Å². The van der Waals surface area contributed by atoms with Gasteiger partial charge in [0.1, 0.15) is 0 Å². The van der Waals surface area contributed by atoms with E-state index in [1.165, 1.54) is 0 Å². The van der Waals surface area contributed by atoms with E-state index < -0.39 is 0 Å². The second kappa shape index (κ2) is 3.37. The molecular weight excluding hydrogens is 146 g/mol. The number of rotatable bonds is 2. The lowest BCUT2D eigenvalue weighted by molar-refractivity contribution is 1.31. The van der Waals surface area contributed by atoms with Crippen molar-refractivity contribution in [1.82, 2.24) is 4.98 Å². The van der Waals surface area contributed by atoms with Crippen molar-refractivity contribution in [3.63, 3.8) is 0 Å². The van der Waals surface area contributed by atoms with Crippen molar-refractivity contribution in [2.24, 2.45) is 0 Å². The highest BCUT2D eigenvalue weighted by atomic mass is 35.5. The van der Waals surface area contributed by atoms with Crippen molar-refractivity contribution in [3.8, 4) is 0 Å². The van der Waals surface area contributed by atoms with Crippen LogP contribution >= 0.6 is 11.6 Å². The van der Waals surface area contributed by atoms with Gasteiger partial charge in [-0.3, -0.25) is 4.98 Å². The molecule has 10 heavy (non-hydrogen) atoms. The first-order valence-corrected chi connectivity index (χ1v) is 3.52. The van der Waals surface area contributed by atoms with Crippen molar-refractivity contribution in [2.45, 2.75) is 0 Å². The van der Waals surface area contributed by atoms with E-state index in [2.05, 4.69) is 11.6 Å². The molecule has 1 aromatic heterocycles. The zero-order valence-corrected chi connectivity index (χ0v) is 6.30. The van der Waals surface area contributed by atoms with Crippen LogP contribution < -0.4 is 0 Å². The quantitative estimate of drug-likeness (QED) is 0.595. The Morgan fingerprint density at radius 1 is 1.50 bits per heavy atom. The van der Waals surface area contributed by atoms with Gasteiger partial charge in [-0.2, -0.15) is 0 Å². The lowest BCUT2D eigenvalue weighted by Gasteiger charge is -1.97. The van der Waals surface area contributed by atoms with Gasteiger partial charge in [0.25, 0.3) is 0 Å². The van der Waals surface area contributed by atoms with Gasteiger partial charge in [0.2, 0.25) is 0 Å². The Labute approximate surface area is 65.4 Å². The summed E-state index contributed by atoms with van der Waals surface area (Å²) in [6.07, 6.45) is 3.46. The lowest BCUT2D eigenvalue weighted by atomic mass is 10.1. The minimum absolute atomic E-state index is 0.476. The first-order chi connectivity index (χ1) is 4.84. The molecule has 0 aliphatic carbocycles. The van der Waals surface area contributed by atoms with Crippen LogP contribution in [0.1, 0.15) is 5.56 Å². The molecule has 1 rings (SSSR count).